The first kappa shape index (κ1) is 9.48. The molecule has 13 heavy (non-hydrogen) atoms. The van der Waals surface area contributed by atoms with Gasteiger partial charge in [-0.2, -0.15) is 5.26 Å². The molecule has 6 heteroatoms. The Labute approximate surface area is 75.7 Å². The van der Waals surface area contributed by atoms with Crippen LogP contribution < -0.4 is 5.73 Å². The van der Waals surface area contributed by atoms with Gasteiger partial charge in [0.2, 0.25) is 0 Å². The van der Waals surface area contributed by atoms with Crippen LogP contribution in [0.1, 0.15) is 5.56 Å². The van der Waals surface area contributed by atoms with Crippen LogP contribution in [0.2, 0.25) is 0 Å². The number of anilines is 1. The summed E-state index contributed by atoms with van der Waals surface area (Å²) in [4.78, 5) is 3.59. The number of nitrogens with zero attached hydrogens (tertiary/aromatic N) is 2. The Bertz CT molecular complexity index is 473. The van der Waals surface area contributed by atoms with Crippen LogP contribution in [-0.4, -0.2) is 19.7 Å². The number of hydrogen-bond acceptors (Lipinski definition) is 5. The van der Waals surface area contributed by atoms with E-state index in [1.165, 1.54) is 12.3 Å². The standard InChI is InChI=1S/C7H7N3O2S/c1-13(11,12)7-6(9)5(4-8)2-3-10-7/h2-3H,9H2,1H3. The first-order valence-corrected chi connectivity index (χ1v) is 5.20. The van der Waals surface area contributed by atoms with Crippen molar-refractivity contribution < 1.29 is 8.42 Å². The normalized spacial score (nSPS) is 10.8. The fraction of sp³-hybridized carbons (Fsp3) is 0.143. The summed E-state index contributed by atoms with van der Waals surface area (Å²) in [6.45, 7) is 0. The van der Waals surface area contributed by atoms with Gasteiger partial charge < -0.3 is 5.73 Å². The molecule has 0 spiro atoms. The molecule has 0 amide bonds. The van der Waals surface area contributed by atoms with E-state index in [0.29, 0.717) is 0 Å². The predicted molar refractivity (Wildman–Crippen MR) is 46.5 cm³/mol. The zero-order chi connectivity index (χ0) is 10.1. The van der Waals surface area contributed by atoms with Crippen LogP contribution >= 0.6 is 0 Å². The predicted octanol–water partition coefficient (Wildman–Crippen LogP) is -0.0610. The average Bonchev–Trinajstić information content (AvgIpc) is 2.02. The highest BCUT2D eigenvalue weighted by molar-refractivity contribution is 7.90. The van der Waals surface area contributed by atoms with E-state index < -0.39 is 9.84 Å². The molecule has 0 unspecified atom stereocenters. The summed E-state index contributed by atoms with van der Waals surface area (Å²) in [5.74, 6) is 0. The SMILES string of the molecule is CS(=O)(=O)c1nccc(C#N)c1N. The van der Waals surface area contributed by atoms with Crippen LogP contribution in [0, 0.1) is 11.3 Å². The molecule has 0 bridgehead atoms. The van der Waals surface area contributed by atoms with Gasteiger partial charge in [-0.1, -0.05) is 0 Å². The van der Waals surface area contributed by atoms with Crippen molar-refractivity contribution in [2.24, 2.45) is 0 Å². The number of hydrogen-bond donors (Lipinski definition) is 1. The molecular formula is C7H7N3O2S. The van der Waals surface area contributed by atoms with Gasteiger partial charge in [0.1, 0.15) is 6.07 Å². The van der Waals surface area contributed by atoms with E-state index in [4.69, 9.17) is 11.0 Å². The molecule has 0 atom stereocenters. The Hall–Kier alpha value is -1.61. The van der Waals surface area contributed by atoms with Crippen LogP contribution in [0.5, 0.6) is 0 Å². The van der Waals surface area contributed by atoms with Crippen molar-refractivity contribution in [3.63, 3.8) is 0 Å². The van der Waals surface area contributed by atoms with Gasteiger partial charge in [0.15, 0.2) is 14.9 Å². The summed E-state index contributed by atoms with van der Waals surface area (Å²) in [5, 5.41) is 8.31. The van der Waals surface area contributed by atoms with Crippen molar-refractivity contribution in [1.82, 2.24) is 4.98 Å². The molecule has 0 saturated heterocycles. The minimum atomic E-state index is -3.45. The second-order valence-electron chi connectivity index (χ2n) is 2.46. The fourth-order valence-electron chi connectivity index (χ4n) is 0.847. The van der Waals surface area contributed by atoms with Gasteiger partial charge in [-0.3, -0.25) is 0 Å². The average molecular weight is 197 g/mol. The van der Waals surface area contributed by atoms with Gasteiger partial charge in [0.25, 0.3) is 0 Å². The van der Waals surface area contributed by atoms with E-state index >= 15 is 0 Å². The first-order chi connectivity index (χ1) is 5.96. The molecule has 0 aliphatic rings. The molecule has 0 aromatic carbocycles. The van der Waals surface area contributed by atoms with E-state index in [2.05, 4.69) is 4.98 Å². The Kier molecular flexibility index (Phi) is 2.21. The minimum absolute atomic E-state index is 0.0903. The third-order valence-electron chi connectivity index (χ3n) is 1.43. The molecule has 0 aliphatic heterocycles. The molecule has 2 N–H and O–H groups in total. The number of rotatable bonds is 1. The van der Waals surface area contributed by atoms with Gasteiger partial charge in [-0.15, -0.1) is 0 Å². The van der Waals surface area contributed by atoms with Gasteiger partial charge in [-0.25, -0.2) is 13.4 Å². The van der Waals surface area contributed by atoms with E-state index in [0.717, 1.165) is 6.26 Å². The lowest BCUT2D eigenvalue weighted by Gasteiger charge is -2.02. The van der Waals surface area contributed by atoms with E-state index in [-0.39, 0.29) is 16.3 Å². The van der Waals surface area contributed by atoms with Gasteiger partial charge in [0, 0.05) is 12.5 Å². The zero-order valence-corrected chi connectivity index (χ0v) is 7.67. The molecular weight excluding hydrogens is 190 g/mol. The molecule has 68 valence electrons. The third kappa shape index (κ3) is 1.76. The van der Waals surface area contributed by atoms with Crippen LogP contribution in [0.3, 0.4) is 0 Å². The quantitative estimate of drug-likeness (QED) is 0.680. The molecule has 5 nitrogen and oxygen atoms in total. The Morgan fingerprint density at radius 2 is 2.23 bits per heavy atom. The number of nitriles is 1. The van der Waals surface area contributed by atoms with Crippen molar-refractivity contribution >= 4 is 15.5 Å². The maximum Gasteiger partial charge on any atom is 0.194 e. The van der Waals surface area contributed by atoms with E-state index in [1.807, 2.05) is 0 Å². The summed E-state index contributed by atoms with van der Waals surface area (Å²) in [6, 6.07) is 3.14. The Balaban J connectivity index is 3.53. The molecule has 1 heterocycles. The molecule has 0 aliphatic carbocycles. The van der Waals surface area contributed by atoms with Gasteiger partial charge >= 0.3 is 0 Å². The second-order valence-corrected chi connectivity index (χ2v) is 4.39. The zero-order valence-electron chi connectivity index (χ0n) is 6.85. The van der Waals surface area contributed by atoms with E-state index in [1.54, 1.807) is 6.07 Å². The monoisotopic (exact) mass is 197 g/mol. The molecule has 0 radical (unpaired) electrons. The second kappa shape index (κ2) is 3.03. The number of pyridine rings is 1. The van der Waals surface area contributed by atoms with Crippen LogP contribution in [0.4, 0.5) is 5.69 Å². The maximum atomic E-state index is 11.1. The fourth-order valence-corrected chi connectivity index (χ4v) is 1.61. The van der Waals surface area contributed by atoms with Crippen LogP contribution in [0.15, 0.2) is 17.3 Å². The van der Waals surface area contributed by atoms with Crippen molar-refractivity contribution in [1.29, 1.82) is 5.26 Å². The first-order valence-electron chi connectivity index (χ1n) is 3.31. The van der Waals surface area contributed by atoms with Crippen molar-refractivity contribution in [3.05, 3.63) is 17.8 Å². The number of sulfone groups is 1. The largest absolute Gasteiger partial charge is 0.395 e. The van der Waals surface area contributed by atoms with Crippen molar-refractivity contribution in [2.45, 2.75) is 5.03 Å². The smallest absolute Gasteiger partial charge is 0.194 e. The summed E-state index contributed by atoms with van der Waals surface area (Å²) in [5.41, 5.74) is 5.45. The van der Waals surface area contributed by atoms with Crippen LogP contribution in [-0.2, 0) is 9.84 Å². The summed E-state index contributed by atoms with van der Waals surface area (Å²) < 4.78 is 22.1. The minimum Gasteiger partial charge on any atom is -0.395 e. The lowest BCUT2D eigenvalue weighted by atomic mass is 10.2. The molecule has 1 rings (SSSR count). The van der Waals surface area contributed by atoms with Crippen molar-refractivity contribution in [2.75, 3.05) is 12.0 Å². The number of aromatic nitrogens is 1. The molecule has 0 fully saturated rings. The topological polar surface area (TPSA) is 96.8 Å². The summed E-state index contributed by atoms with van der Waals surface area (Å²) in [7, 11) is -3.45. The van der Waals surface area contributed by atoms with E-state index in [9.17, 15) is 8.42 Å². The van der Waals surface area contributed by atoms with Crippen LogP contribution in [0.25, 0.3) is 0 Å². The Morgan fingerprint density at radius 1 is 1.62 bits per heavy atom. The lowest BCUT2D eigenvalue weighted by molar-refractivity contribution is 0.599. The number of nitrogen functional groups attached to an aromatic ring is 1. The highest BCUT2D eigenvalue weighted by Crippen LogP contribution is 2.18. The highest BCUT2D eigenvalue weighted by Gasteiger charge is 2.15. The van der Waals surface area contributed by atoms with Gasteiger partial charge in [0.05, 0.1) is 11.3 Å². The summed E-state index contributed by atoms with van der Waals surface area (Å²) in [6.07, 6.45) is 2.23. The molecule has 1 aromatic heterocycles. The molecule has 0 saturated carbocycles. The third-order valence-corrected chi connectivity index (χ3v) is 2.45. The maximum absolute atomic E-state index is 11.1. The molecule has 1 aromatic rings. The summed E-state index contributed by atoms with van der Waals surface area (Å²) >= 11 is 0. The highest BCUT2D eigenvalue weighted by atomic mass is 32.2. The Morgan fingerprint density at radius 3 is 2.69 bits per heavy atom. The number of nitrogens with two attached hydrogens (primary N) is 1. The van der Waals surface area contributed by atoms with Crippen molar-refractivity contribution in [3.8, 4) is 6.07 Å². The lowest BCUT2D eigenvalue weighted by Crippen LogP contribution is -2.06. The van der Waals surface area contributed by atoms with Gasteiger partial charge in [-0.05, 0) is 6.07 Å².